The molecule has 0 N–H and O–H groups in total. The Hall–Kier alpha value is -1.76. The lowest BCUT2D eigenvalue weighted by molar-refractivity contribution is -0.140. The molecule has 4 rings (SSSR count). The zero-order valence-corrected chi connectivity index (χ0v) is 18.1. The highest BCUT2D eigenvalue weighted by Gasteiger charge is 2.31. The number of thiazole rings is 1. The molecule has 156 valence electrons. The summed E-state index contributed by atoms with van der Waals surface area (Å²) in [5.41, 5.74) is 2.38. The number of aromatic nitrogens is 1. The molecule has 0 unspecified atom stereocenters. The molecule has 0 aliphatic carbocycles. The molecule has 1 amide bonds. The second-order valence-corrected chi connectivity index (χ2v) is 9.29. The maximum Gasteiger partial charge on any atom is 0.225 e. The van der Waals surface area contributed by atoms with Crippen molar-refractivity contribution in [2.24, 2.45) is 5.92 Å². The summed E-state index contributed by atoms with van der Waals surface area (Å²) in [6.07, 6.45) is 4.09. The molecule has 5 nitrogen and oxygen atoms in total. The number of hydrogen-bond donors (Lipinski definition) is 0. The molecular formula is C23H31N3O2S. The molecule has 0 atom stereocenters. The van der Waals surface area contributed by atoms with Crippen LogP contribution in [0.5, 0.6) is 0 Å². The van der Waals surface area contributed by atoms with Crippen molar-refractivity contribution in [2.45, 2.75) is 51.9 Å². The van der Waals surface area contributed by atoms with Gasteiger partial charge in [0.2, 0.25) is 5.91 Å². The maximum absolute atomic E-state index is 13.0. The average molecular weight is 414 g/mol. The van der Waals surface area contributed by atoms with Crippen molar-refractivity contribution in [3.63, 3.8) is 0 Å². The molecule has 2 fully saturated rings. The van der Waals surface area contributed by atoms with Crippen LogP contribution in [0.3, 0.4) is 0 Å². The van der Waals surface area contributed by atoms with Crippen LogP contribution >= 0.6 is 11.3 Å². The Balaban J connectivity index is 1.17. The number of likely N-dealkylation sites (tertiary alicyclic amines) is 2. The fraction of sp³-hybridized carbons (Fsp3) is 0.565. The molecule has 3 heterocycles. The topological polar surface area (TPSA) is 45.7 Å². The van der Waals surface area contributed by atoms with Crippen LogP contribution in [0, 0.1) is 12.8 Å². The molecule has 2 aliphatic rings. The number of ether oxygens (including phenoxy) is 1. The maximum atomic E-state index is 13.0. The highest BCUT2D eigenvalue weighted by atomic mass is 32.1. The van der Waals surface area contributed by atoms with Gasteiger partial charge in [0.15, 0.2) is 0 Å². The summed E-state index contributed by atoms with van der Waals surface area (Å²) in [5.74, 6) is 0.542. The van der Waals surface area contributed by atoms with Crippen LogP contribution in [0.1, 0.15) is 41.9 Å². The largest absolute Gasteiger partial charge is 0.373 e. The van der Waals surface area contributed by atoms with E-state index in [0.29, 0.717) is 12.5 Å². The van der Waals surface area contributed by atoms with Gasteiger partial charge in [0, 0.05) is 30.9 Å². The molecule has 1 aromatic carbocycles. The molecule has 0 bridgehead atoms. The van der Waals surface area contributed by atoms with Gasteiger partial charge in [0.25, 0.3) is 0 Å². The fourth-order valence-electron chi connectivity index (χ4n) is 4.34. The number of aryl methyl sites for hydroxylation is 1. The Morgan fingerprint density at radius 1 is 1.10 bits per heavy atom. The molecule has 29 heavy (non-hydrogen) atoms. The van der Waals surface area contributed by atoms with E-state index in [1.54, 1.807) is 11.3 Å². The Kier molecular flexibility index (Phi) is 6.95. The van der Waals surface area contributed by atoms with Gasteiger partial charge < -0.3 is 9.64 Å². The second kappa shape index (κ2) is 9.83. The lowest BCUT2D eigenvalue weighted by Crippen LogP contribution is -2.46. The van der Waals surface area contributed by atoms with Crippen molar-refractivity contribution < 1.29 is 9.53 Å². The monoisotopic (exact) mass is 413 g/mol. The van der Waals surface area contributed by atoms with Crippen LogP contribution in [0.15, 0.2) is 35.7 Å². The van der Waals surface area contributed by atoms with E-state index in [-0.39, 0.29) is 12.0 Å². The first kappa shape index (κ1) is 20.5. The molecule has 2 aliphatic heterocycles. The van der Waals surface area contributed by atoms with E-state index in [9.17, 15) is 4.79 Å². The third kappa shape index (κ3) is 5.65. The van der Waals surface area contributed by atoms with E-state index >= 15 is 0 Å². The van der Waals surface area contributed by atoms with Crippen molar-refractivity contribution in [1.82, 2.24) is 14.8 Å². The summed E-state index contributed by atoms with van der Waals surface area (Å²) >= 11 is 1.71. The minimum absolute atomic E-state index is 0.185. The van der Waals surface area contributed by atoms with Gasteiger partial charge in [-0.15, -0.1) is 11.3 Å². The van der Waals surface area contributed by atoms with Crippen LogP contribution in [-0.2, 0) is 22.7 Å². The van der Waals surface area contributed by atoms with Gasteiger partial charge in [0.05, 0.1) is 23.4 Å². The molecular weight excluding hydrogens is 382 g/mol. The minimum Gasteiger partial charge on any atom is -0.373 e. The van der Waals surface area contributed by atoms with Crippen LogP contribution in [-0.4, -0.2) is 53.0 Å². The third-order valence-corrected chi connectivity index (χ3v) is 6.89. The Morgan fingerprint density at radius 2 is 1.83 bits per heavy atom. The summed E-state index contributed by atoms with van der Waals surface area (Å²) < 4.78 is 6.07. The zero-order valence-electron chi connectivity index (χ0n) is 17.3. The highest BCUT2D eigenvalue weighted by Crippen LogP contribution is 2.24. The van der Waals surface area contributed by atoms with Gasteiger partial charge in [-0.3, -0.25) is 9.69 Å². The molecule has 2 aromatic rings. The van der Waals surface area contributed by atoms with Crippen LogP contribution < -0.4 is 0 Å². The van der Waals surface area contributed by atoms with Crippen LogP contribution in [0.25, 0.3) is 0 Å². The predicted octanol–water partition coefficient (Wildman–Crippen LogP) is 3.87. The summed E-state index contributed by atoms with van der Waals surface area (Å²) in [7, 11) is 0. The number of hydrogen-bond acceptors (Lipinski definition) is 5. The summed E-state index contributed by atoms with van der Waals surface area (Å²) in [4.78, 5) is 22.0. The van der Waals surface area contributed by atoms with E-state index in [2.05, 4.69) is 39.2 Å². The predicted molar refractivity (Wildman–Crippen MR) is 116 cm³/mol. The first-order chi connectivity index (χ1) is 14.2. The van der Waals surface area contributed by atoms with Gasteiger partial charge >= 0.3 is 0 Å². The molecule has 0 saturated carbocycles. The van der Waals surface area contributed by atoms with Crippen LogP contribution in [0.4, 0.5) is 0 Å². The molecule has 6 heteroatoms. The number of rotatable bonds is 6. The molecule has 0 radical (unpaired) electrons. The van der Waals surface area contributed by atoms with Crippen molar-refractivity contribution in [3.05, 3.63) is 52.0 Å². The van der Waals surface area contributed by atoms with E-state index < -0.39 is 0 Å². The van der Waals surface area contributed by atoms with Gasteiger partial charge in [-0.2, -0.15) is 0 Å². The minimum atomic E-state index is 0.185. The zero-order chi connectivity index (χ0) is 20.1. The number of nitrogens with zero attached hydrogens (tertiary/aromatic N) is 3. The van der Waals surface area contributed by atoms with E-state index in [1.165, 1.54) is 5.56 Å². The van der Waals surface area contributed by atoms with Crippen molar-refractivity contribution in [1.29, 1.82) is 0 Å². The second-order valence-electron chi connectivity index (χ2n) is 8.23. The number of piperidine rings is 2. The van der Waals surface area contributed by atoms with Crippen LogP contribution in [0.2, 0.25) is 0 Å². The third-order valence-electron chi connectivity index (χ3n) is 6.07. The Labute approximate surface area is 177 Å². The lowest BCUT2D eigenvalue weighted by Gasteiger charge is -2.37. The van der Waals surface area contributed by atoms with Gasteiger partial charge in [-0.1, -0.05) is 30.3 Å². The van der Waals surface area contributed by atoms with Crippen molar-refractivity contribution in [3.8, 4) is 0 Å². The highest BCUT2D eigenvalue weighted by molar-refractivity contribution is 7.09. The number of carbonyl (C=O) groups excluding carboxylic acids is 1. The fourth-order valence-corrected chi connectivity index (χ4v) is 4.94. The van der Waals surface area contributed by atoms with E-state index in [0.717, 1.165) is 69.1 Å². The van der Waals surface area contributed by atoms with Gasteiger partial charge in [0.1, 0.15) is 0 Å². The smallest absolute Gasteiger partial charge is 0.225 e. The Morgan fingerprint density at radius 3 is 2.48 bits per heavy atom. The first-order valence-corrected chi connectivity index (χ1v) is 11.6. The SMILES string of the molecule is Cc1nc(CN2CCC(C(=O)N3CCC(OCc4ccccc4)CC3)CC2)cs1. The summed E-state index contributed by atoms with van der Waals surface area (Å²) in [5, 5.41) is 3.28. The van der Waals surface area contributed by atoms with E-state index in [4.69, 9.17) is 4.74 Å². The van der Waals surface area contributed by atoms with Gasteiger partial charge in [-0.25, -0.2) is 4.98 Å². The number of carbonyl (C=O) groups is 1. The lowest BCUT2D eigenvalue weighted by atomic mass is 9.94. The standard InChI is InChI=1S/C23H31N3O2S/c1-18-24-21(17-29-18)15-25-11-7-20(8-12-25)23(27)26-13-9-22(10-14-26)28-16-19-5-3-2-4-6-19/h2-6,17,20,22H,7-16H2,1H3. The molecule has 1 aromatic heterocycles. The first-order valence-electron chi connectivity index (χ1n) is 10.7. The van der Waals surface area contributed by atoms with E-state index in [1.807, 2.05) is 18.2 Å². The molecule has 2 saturated heterocycles. The normalized spacial score (nSPS) is 19.6. The number of amides is 1. The summed E-state index contributed by atoms with van der Waals surface area (Å²) in [6, 6.07) is 10.3. The average Bonchev–Trinajstić information content (AvgIpc) is 3.18. The Bertz CT molecular complexity index is 778. The molecule has 0 spiro atoms. The van der Waals surface area contributed by atoms with Crippen molar-refractivity contribution in [2.75, 3.05) is 26.2 Å². The summed E-state index contributed by atoms with van der Waals surface area (Å²) in [6.45, 7) is 7.27. The van der Waals surface area contributed by atoms with Crippen molar-refractivity contribution >= 4 is 17.2 Å². The van der Waals surface area contributed by atoms with Gasteiger partial charge in [-0.05, 0) is 51.3 Å². The number of benzene rings is 1. The quantitative estimate of drug-likeness (QED) is 0.721.